The van der Waals surface area contributed by atoms with Crippen LogP contribution >= 0.6 is 34.8 Å². The van der Waals surface area contributed by atoms with Gasteiger partial charge in [0, 0.05) is 0 Å². The number of nitrogens with zero attached hydrogens (tertiary/aromatic N) is 2. The smallest absolute Gasteiger partial charge is 0.148 e. The van der Waals surface area contributed by atoms with Crippen molar-refractivity contribution in [2.75, 3.05) is 0 Å². The van der Waals surface area contributed by atoms with Gasteiger partial charge < -0.3 is 0 Å². The van der Waals surface area contributed by atoms with Gasteiger partial charge in [-0.25, -0.2) is 4.98 Å². The van der Waals surface area contributed by atoms with E-state index in [9.17, 15) is 0 Å². The first kappa shape index (κ1) is 9.00. The number of hydrogen-bond donors (Lipinski definition) is 0. The van der Waals surface area contributed by atoms with Crippen molar-refractivity contribution in [1.29, 1.82) is 0 Å². The van der Waals surface area contributed by atoms with Crippen LogP contribution < -0.4 is 0 Å². The SMILES string of the molecule is Clc1cnc2ccc(Cl)c(Cl)c2n1. The van der Waals surface area contributed by atoms with E-state index in [0.29, 0.717) is 26.2 Å². The lowest BCUT2D eigenvalue weighted by atomic mass is 10.3. The topological polar surface area (TPSA) is 25.8 Å². The fourth-order valence-electron chi connectivity index (χ4n) is 0.999. The maximum Gasteiger partial charge on any atom is 0.148 e. The lowest BCUT2D eigenvalue weighted by molar-refractivity contribution is 1.29. The molecule has 66 valence electrons. The molecule has 13 heavy (non-hydrogen) atoms. The van der Waals surface area contributed by atoms with E-state index in [2.05, 4.69) is 9.97 Å². The van der Waals surface area contributed by atoms with Crippen molar-refractivity contribution in [1.82, 2.24) is 9.97 Å². The van der Waals surface area contributed by atoms with E-state index >= 15 is 0 Å². The predicted octanol–water partition coefficient (Wildman–Crippen LogP) is 3.59. The Bertz CT molecular complexity index is 465. The fourth-order valence-corrected chi connectivity index (χ4v) is 1.49. The first-order valence-electron chi connectivity index (χ1n) is 3.45. The Morgan fingerprint density at radius 1 is 1.08 bits per heavy atom. The summed E-state index contributed by atoms with van der Waals surface area (Å²) in [6.07, 6.45) is 1.47. The van der Waals surface area contributed by atoms with Gasteiger partial charge in [-0.15, -0.1) is 0 Å². The molecule has 0 spiro atoms. The quantitative estimate of drug-likeness (QED) is 0.695. The Balaban J connectivity index is 2.89. The van der Waals surface area contributed by atoms with Crippen molar-refractivity contribution in [3.8, 4) is 0 Å². The molecule has 0 radical (unpaired) electrons. The Labute approximate surface area is 89.5 Å². The molecule has 0 N–H and O–H groups in total. The first-order valence-corrected chi connectivity index (χ1v) is 4.58. The molecule has 0 unspecified atom stereocenters. The number of benzene rings is 1. The molecular weight excluding hydrogens is 230 g/mol. The predicted molar refractivity (Wildman–Crippen MR) is 54.6 cm³/mol. The van der Waals surface area contributed by atoms with Crippen LogP contribution in [0.15, 0.2) is 18.3 Å². The summed E-state index contributed by atoms with van der Waals surface area (Å²) in [5, 5.41) is 1.14. The van der Waals surface area contributed by atoms with Crippen molar-refractivity contribution >= 4 is 45.8 Å². The highest BCUT2D eigenvalue weighted by molar-refractivity contribution is 6.45. The maximum absolute atomic E-state index is 5.90. The molecule has 0 amide bonds. The van der Waals surface area contributed by atoms with E-state index < -0.39 is 0 Å². The van der Waals surface area contributed by atoms with E-state index in [1.165, 1.54) is 6.20 Å². The Morgan fingerprint density at radius 2 is 1.85 bits per heavy atom. The second-order valence-corrected chi connectivity index (χ2v) is 3.59. The molecule has 1 heterocycles. The van der Waals surface area contributed by atoms with Crippen molar-refractivity contribution in [2.45, 2.75) is 0 Å². The fraction of sp³-hybridized carbons (Fsp3) is 0. The van der Waals surface area contributed by atoms with E-state index in [0.717, 1.165) is 0 Å². The summed E-state index contributed by atoms with van der Waals surface area (Å²) in [6, 6.07) is 3.42. The lowest BCUT2D eigenvalue weighted by Crippen LogP contribution is -1.85. The Hall–Kier alpha value is -0.570. The highest BCUT2D eigenvalue weighted by Crippen LogP contribution is 2.28. The molecule has 0 saturated heterocycles. The van der Waals surface area contributed by atoms with E-state index in [1.54, 1.807) is 12.1 Å². The van der Waals surface area contributed by atoms with Crippen molar-refractivity contribution in [2.24, 2.45) is 0 Å². The summed E-state index contributed by atoms with van der Waals surface area (Å²) in [7, 11) is 0. The molecule has 0 bridgehead atoms. The largest absolute Gasteiger partial charge is 0.251 e. The van der Waals surface area contributed by atoms with Crippen LogP contribution in [0.1, 0.15) is 0 Å². The Morgan fingerprint density at radius 3 is 2.62 bits per heavy atom. The van der Waals surface area contributed by atoms with Gasteiger partial charge in [-0.1, -0.05) is 34.8 Å². The van der Waals surface area contributed by atoms with Gasteiger partial charge in [0.25, 0.3) is 0 Å². The summed E-state index contributed by atoms with van der Waals surface area (Å²) in [5.74, 6) is 0. The summed E-state index contributed by atoms with van der Waals surface area (Å²) in [5.41, 5.74) is 1.21. The van der Waals surface area contributed by atoms with Crippen LogP contribution in [0.5, 0.6) is 0 Å². The van der Waals surface area contributed by atoms with Crippen LogP contribution in [0.25, 0.3) is 11.0 Å². The molecule has 5 heteroatoms. The third-order valence-electron chi connectivity index (χ3n) is 1.58. The second-order valence-electron chi connectivity index (χ2n) is 2.42. The van der Waals surface area contributed by atoms with Gasteiger partial charge in [-0.2, -0.15) is 0 Å². The molecular formula is C8H3Cl3N2. The van der Waals surface area contributed by atoms with Crippen molar-refractivity contribution in [3.63, 3.8) is 0 Å². The third kappa shape index (κ3) is 1.57. The third-order valence-corrected chi connectivity index (χ3v) is 2.55. The first-order chi connectivity index (χ1) is 6.18. The second kappa shape index (κ2) is 3.29. The summed E-state index contributed by atoms with van der Waals surface area (Å²) < 4.78 is 0. The molecule has 0 saturated carbocycles. The van der Waals surface area contributed by atoms with Crippen LogP contribution in [0.2, 0.25) is 15.2 Å². The highest BCUT2D eigenvalue weighted by Gasteiger charge is 2.06. The number of fused-ring (bicyclic) bond motifs is 1. The van der Waals surface area contributed by atoms with Gasteiger partial charge in [0.05, 0.1) is 21.8 Å². The van der Waals surface area contributed by atoms with Crippen LogP contribution in [0.3, 0.4) is 0 Å². The maximum atomic E-state index is 5.90. The van der Waals surface area contributed by atoms with Crippen LogP contribution in [0, 0.1) is 0 Å². The zero-order valence-corrected chi connectivity index (χ0v) is 8.53. The monoisotopic (exact) mass is 232 g/mol. The van der Waals surface area contributed by atoms with Gasteiger partial charge >= 0.3 is 0 Å². The highest BCUT2D eigenvalue weighted by atomic mass is 35.5. The van der Waals surface area contributed by atoms with E-state index in [-0.39, 0.29) is 0 Å². The van der Waals surface area contributed by atoms with Crippen LogP contribution in [0.4, 0.5) is 0 Å². The molecule has 0 fully saturated rings. The summed E-state index contributed by atoms with van der Waals surface area (Å²) in [4.78, 5) is 8.07. The van der Waals surface area contributed by atoms with E-state index in [4.69, 9.17) is 34.8 Å². The van der Waals surface area contributed by atoms with Crippen LogP contribution in [-0.4, -0.2) is 9.97 Å². The minimum Gasteiger partial charge on any atom is -0.251 e. The zero-order valence-electron chi connectivity index (χ0n) is 6.26. The molecule has 1 aromatic carbocycles. The molecule has 2 nitrogen and oxygen atoms in total. The van der Waals surface area contributed by atoms with Gasteiger partial charge in [0.2, 0.25) is 0 Å². The molecule has 0 aliphatic carbocycles. The summed E-state index contributed by atoms with van der Waals surface area (Å²) >= 11 is 17.4. The van der Waals surface area contributed by atoms with Gasteiger partial charge in [0.1, 0.15) is 10.7 Å². The van der Waals surface area contributed by atoms with Gasteiger partial charge in [0.15, 0.2) is 0 Å². The lowest BCUT2D eigenvalue weighted by Gasteiger charge is -2.00. The Kier molecular flexibility index (Phi) is 2.28. The van der Waals surface area contributed by atoms with Crippen molar-refractivity contribution in [3.05, 3.63) is 33.5 Å². The number of aromatic nitrogens is 2. The molecule has 0 aliphatic rings. The number of hydrogen-bond acceptors (Lipinski definition) is 2. The standard InChI is InChI=1S/C8H3Cl3N2/c9-4-1-2-5-8(7(4)11)13-6(10)3-12-5/h1-3H. The molecule has 2 aromatic rings. The average Bonchev–Trinajstić information content (AvgIpc) is 2.12. The molecule has 1 aromatic heterocycles. The molecule has 0 atom stereocenters. The summed E-state index contributed by atoms with van der Waals surface area (Å²) in [6.45, 7) is 0. The number of halogens is 3. The molecule has 0 aliphatic heterocycles. The minimum atomic E-state index is 0.302. The van der Waals surface area contributed by atoms with Crippen LogP contribution in [-0.2, 0) is 0 Å². The average molecular weight is 233 g/mol. The normalized spacial score (nSPS) is 10.7. The van der Waals surface area contributed by atoms with Gasteiger partial charge in [-0.3, -0.25) is 4.98 Å². The molecule has 2 rings (SSSR count). The van der Waals surface area contributed by atoms with E-state index in [1.807, 2.05) is 0 Å². The van der Waals surface area contributed by atoms with Gasteiger partial charge in [-0.05, 0) is 12.1 Å². The minimum absolute atomic E-state index is 0.302. The number of rotatable bonds is 0. The van der Waals surface area contributed by atoms with Crippen molar-refractivity contribution < 1.29 is 0 Å². The zero-order chi connectivity index (χ0) is 9.42.